The number of carbonyl (C=O) groups is 1. The number of hydrogen-bond acceptors (Lipinski definition) is 4. The Hall–Kier alpha value is -2.03. The molecule has 0 saturated carbocycles. The number of nitrogens with zero attached hydrogens (tertiary/aromatic N) is 1. The maximum atomic E-state index is 12.0. The summed E-state index contributed by atoms with van der Waals surface area (Å²) in [4.78, 5) is 14.8. The van der Waals surface area contributed by atoms with Crippen molar-refractivity contribution < 1.29 is 14.3 Å². The summed E-state index contributed by atoms with van der Waals surface area (Å²) in [7, 11) is 1.76. The number of rotatable bonds is 4. The van der Waals surface area contributed by atoms with Crippen molar-refractivity contribution in [3.05, 3.63) is 46.0 Å². The third kappa shape index (κ3) is 3.73. The van der Waals surface area contributed by atoms with Gasteiger partial charge in [-0.3, -0.25) is 4.79 Å². The van der Waals surface area contributed by atoms with Crippen LogP contribution in [0.5, 0.6) is 0 Å². The van der Waals surface area contributed by atoms with Crippen molar-refractivity contribution in [1.82, 2.24) is 4.90 Å². The van der Waals surface area contributed by atoms with Gasteiger partial charge in [0, 0.05) is 29.3 Å². The van der Waals surface area contributed by atoms with Gasteiger partial charge in [-0.1, -0.05) is 11.8 Å². The van der Waals surface area contributed by atoms with Crippen molar-refractivity contribution in [2.45, 2.75) is 13.0 Å². The van der Waals surface area contributed by atoms with E-state index in [1.165, 1.54) is 12.5 Å². The average molecular weight is 289 g/mol. The molecule has 2 heterocycles. The predicted molar refractivity (Wildman–Crippen MR) is 77.4 cm³/mol. The van der Waals surface area contributed by atoms with Crippen LogP contribution in [0, 0.1) is 11.8 Å². The molecular formula is C15H15NO3S. The highest BCUT2D eigenvalue weighted by Gasteiger charge is 2.13. The van der Waals surface area contributed by atoms with Crippen molar-refractivity contribution in [3.8, 4) is 11.8 Å². The molecule has 0 unspecified atom stereocenters. The van der Waals surface area contributed by atoms with Crippen molar-refractivity contribution in [1.29, 1.82) is 0 Å². The van der Waals surface area contributed by atoms with E-state index in [0.717, 1.165) is 10.4 Å². The first-order valence-electron chi connectivity index (χ1n) is 6.15. The number of amides is 1. The lowest BCUT2D eigenvalue weighted by atomic mass is 10.2. The van der Waals surface area contributed by atoms with Crippen molar-refractivity contribution in [3.63, 3.8) is 0 Å². The zero-order valence-corrected chi connectivity index (χ0v) is 11.9. The molecule has 4 nitrogen and oxygen atoms in total. The van der Waals surface area contributed by atoms with Crippen LogP contribution in [0.25, 0.3) is 0 Å². The number of thiophene rings is 1. The zero-order chi connectivity index (χ0) is 14.4. The van der Waals surface area contributed by atoms with E-state index in [1.54, 1.807) is 29.4 Å². The molecule has 104 valence electrons. The molecule has 0 aromatic carbocycles. The second-order valence-electron chi connectivity index (χ2n) is 4.25. The topological polar surface area (TPSA) is 53.7 Å². The molecule has 1 N–H and O–H groups in total. The molecule has 1 amide bonds. The molecule has 2 rings (SSSR count). The van der Waals surface area contributed by atoms with E-state index in [1.807, 2.05) is 11.4 Å². The molecule has 2 aromatic rings. The maximum Gasteiger partial charge on any atom is 0.257 e. The van der Waals surface area contributed by atoms with Gasteiger partial charge in [0.15, 0.2) is 0 Å². The third-order valence-corrected chi connectivity index (χ3v) is 3.55. The van der Waals surface area contributed by atoms with Gasteiger partial charge >= 0.3 is 0 Å². The molecule has 20 heavy (non-hydrogen) atoms. The second kappa shape index (κ2) is 6.94. The first-order valence-corrected chi connectivity index (χ1v) is 7.03. The predicted octanol–water partition coefficient (Wildman–Crippen LogP) is 2.35. The smallest absolute Gasteiger partial charge is 0.257 e. The standard InChI is InChI=1S/C15H15NO3S/c1-16(15(18)13-5-7-19-10-13)9-14-8-12(11-20-14)4-2-3-6-17/h5,7-8,10-11,17H,3,6,9H2,1H3. The van der Waals surface area contributed by atoms with Crippen LogP contribution in [0.2, 0.25) is 0 Å². The van der Waals surface area contributed by atoms with Crippen molar-refractivity contribution >= 4 is 17.2 Å². The second-order valence-corrected chi connectivity index (χ2v) is 5.25. The first kappa shape index (κ1) is 14.4. The van der Waals surface area contributed by atoms with Gasteiger partial charge in [0.1, 0.15) is 6.26 Å². The van der Waals surface area contributed by atoms with E-state index in [-0.39, 0.29) is 12.5 Å². The van der Waals surface area contributed by atoms with Crippen LogP contribution in [0.3, 0.4) is 0 Å². The summed E-state index contributed by atoms with van der Waals surface area (Å²) in [6, 6.07) is 3.62. The summed E-state index contributed by atoms with van der Waals surface area (Å²) in [6.45, 7) is 0.613. The van der Waals surface area contributed by atoms with Gasteiger partial charge < -0.3 is 14.4 Å². The van der Waals surface area contributed by atoms with E-state index in [4.69, 9.17) is 9.52 Å². The molecule has 0 aliphatic rings. The quantitative estimate of drug-likeness (QED) is 0.879. The van der Waals surface area contributed by atoms with Crippen LogP contribution in [0.15, 0.2) is 34.5 Å². The normalized spacial score (nSPS) is 9.90. The van der Waals surface area contributed by atoms with Crippen LogP contribution >= 0.6 is 11.3 Å². The third-order valence-electron chi connectivity index (χ3n) is 2.63. The molecule has 0 radical (unpaired) electrons. The maximum absolute atomic E-state index is 12.0. The van der Waals surface area contributed by atoms with E-state index < -0.39 is 0 Å². The van der Waals surface area contributed by atoms with Gasteiger partial charge in [-0.15, -0.1) is 11.3 Å². The molecule has 0 fully saturated rings. The summed E-state index contributed by atoms with van der Waals surface area (Å²) in [5, 5.41) is 10.6. The fraction of sp³-hybridized carbons (Fsp3) is 0.267. The van der Waals surface area contributed by atoms with Gasteiger partial charge in [-0.2, -0.15) is 0 Å². The Labute approximate surface area is 121 Å². The highest BCUT2D eigenvalue weighted by atomic mass is 32.1. The minimum Gasteiger partial charge on any atom is -0.472 e. The van der Waals surface area contributed by atoms with Crippen LogP contribution in [0.4, 0.5) is 0 Å². The summed E-state index contributed by atoms with van der Waals surface area (Å²) in [5.74, 6) is 5.79. The lowest BCUT2D eigenvalue weighted by Crippen LogP contribution is -2.25. The fourth-order valence-corrected chi connectivity index (χ4v) is 2.53. The lowest BCUT2D eigenvalue weighted by molar-refractivity contribution is 0.0785. The molecule has 0 spiro atoms. The number of carbonyl (C=O) groups excluding carboxylic acids is 1. The molecular weight excluding hydrogens is 274 g/mol. The number of aliphatic hydroxyl groups excluding tert-OH is 1. The van der Waals surface area contributed by atoms with E-state index in [2.05, 4.69) is 11.8 Å². The van der Waals surface area contributed by atoms with E-state index in [9.17, 15) is 4.79 Å². The molecule has 0 aliphatic carbocycles. The molecule has 5 heteroatoms. The van der Waals surface area contributed by atoms with Gasteiger partial charge in [-0.25, -0.2) is 0 Å². The zero-order valence-electron chi connectivity index (χ0n) is 11.1. The summed E-state index contributed by atoms with van der Waals surface area (Å²) >= 11 is 1.57. The Balaban J connectivity index is 1.97. The van der Waals surface area contributed by atoms with Gasteiger partial charge in [0.25, 0.3) is 5.91 Å². The van der Waals surface area contributed by atoms with E-state index in [0.29, 0.717) is 18.5 Å². The van der Waals surface area contributed by atoms with Crippen LogP contribution in [-0.4, -0.2) is 29.6 Å². The van der Waals surface area contributed by atoms with Gasteiger partial charge in [0.05, 0.1) is 25.0 Å². The number of hydrogen-bond donors (Lipinski definition) is 1. The Morgan fingerprint density at radius 1 is 1.55 bits per heavy atom. The average Bonchev–Trinajstić information content (AvgIpc) is 3.09. The minimum atomic E-state index is -0.0694. The van der Waals surface area contributed by atoms with Crippen LogP contribution in [0.1, 0.15) is 27.2 Å². The van der Waals surface area contributed by atoms with Gasteiger partial charge in [0.2, 0.25) is 0 Å². The SMILES string of the molecule is CN(Cc1cc(C#CCCO)cs1)C(=O)c1ccoc1. The Morgan fingerprint density at radius 2 is 2.40 bits per heavy atom. The molecule has 0 bridgehead atoms. The Morgan fingerprint density at radius 3 is 3.10 bits per heavy atom. The molecule has 0 aliphatic heterocycles. The largest absolute Gasteiger partial charge is 0.472 e. The van der Waals surface area contributed by atoms with Crippen LogP contribution in [-0.2, 0) is 6.54 Å². The monoisotopic (exact) mass is 289 g/mol. The Kier molecular flexibility index (Phi) is 4.99. The first-order chi connectivity index (χ1) is 9.70. The summed E-state index contributed by atoms with van der Waals surface area (Å²) in [6.07, 6.45) is 3.41. The summed E-state index contributed by atoms with van der Waals surface area (Å²) < 4.78 is 4.91. The summed E-state index contributed by atoms with van der Waals surface area (Å²) in [5.41, 5.74) is 1.47. The Bertz CT molecular complexity index is 619. The molecule has 0 atom stereocenters. The minimum absolute atomic E-state index is 0.0694. The molecule has 2 aromatic heterocycles. The van der Waals surface area contributed by atoms with E-state index >= 15 is 0 Å². The van der Waals surface area contributed by atoms with Crippen molar-refractivity contribution in [2.24, 2.45) is 0 Å². The van der Waals surface area contributed by atoms with Crippen molar-refractivity contribution in [2.75, 3.05) is 13.7 Å². The highest BCUT2D eigenvalue weighted by molar-refractivity contribution is 7.10. The molecule has 0 saturated heterocycles. The lowest BCUT2D eigenvalue weighted by Gasteiger charge is -2.14. The number of aliphatic hydroxyl groups is 1. The van der Waals surface area contributed by atoms with Crippen LogP contribution < -0.4 is 0 Å². The highest BCUT2D eigenvalue weighted by Crippen LogP contribution is 2.17. The number of furan rings is 1. The fourth-order valence-electron chi connectivity index (χ4n) is 1.66. The van der Waals surface area contributed by atoms with Gasteiger partial charge in [-0.05, 0) is 12.1 Å².